The highest BCUT2D eigenvalue weighted by Crippen LogP contribution is 2.39. The molecule has 1 fully saturated rings. The third-order valence-electron chi connectivity index (χ3n) is 3.33. The molecule has 0 aromatic heterocycles. The predicted octanol–water partition coefficient (Wildman–Crippen LogP) is 3.31. The van der Waals surface area contributed by atoms with Gasteiger partial charge in [0.05, 0.1) is 18.7 Å². The molecule has 3 rings (SSSR count). The van der Waals surface area contributed by atoms with Gasteiger partial charge in [-0.1, -0.05) is 11.6 Å². The predicted molar refractivity (Wildman–Crippen MR) is 81.7 cm³/mol. The minimum atomic E-state index is -0.538. The zero-order chi connectivity index (χ0) is 15.7. The van der Waals surface area contributed by atoms with E-state index in [1.165, 1.54) is 6.07 Å². The molecular formula is C16H14ClNO4. The van der Waals surface area contributed by atoms with E-state index in [9.17, 15) is 4.79 Å². The maximum absolute atomic E-state index is 11.1. The van der Waals surface area contributed by atoms with E-state index in [1.54, 1.807) is 25.3 Å². The quantitative estimate of drug-likeness (QED) is 0.858. The Balaban J connectivity index is 1.85. The Morgan fingerprint density at radius 3 is 2.64 bits per heavy atom. The standard InChI is InChI=1S/C16H14ClNO4/c1-20-14-7-10(3-4-11(14)15-8-21-15)22-13-5-2-9(16(18)19)6-12(13)17/h2-7,15H,8H2,1H3,(H2,18,19). The molecular weight excluding hydrogens is 306 g/mol. The fraction of sp³-hybridized carbons (Fsp3) is 0.188. The Morgan fingerprint density at radius 2 is 2.05 bits per heavy atom. The van der Waals surface area contributed by atoms with Crippen LogP contribution in [0.3, 0.4) is 0 Å². The van der Waals surface area contributed by atoms with Crippen LogP contribution in [0.25, 0.3) is 0 Å². The van der Waals surface area contributed by atoms with Gasteiger partial charge in [0.1, 0.15) is 23.4 Å². The first-order chi connectivity index (χ1) is 10.6. The van der Waals surface area contributed by atoms with Gasteiger partial charge in [-0.2, -0.15) is 0 Å². The van der Waals surface area contributed by atoms with Crippen molar-refractivity contribution in [2.24, 2.45) is 5.73 Å². The molecule has 1 unspecified atom stereocenters. The summed E-state index contributed by atoms with van der Waals surface area (Å²) >= 11 is 6.10. The SMILES string of the molecule is COc1cc(Oc2ccc(C(N)=O)cc2Cl)ccc1C1CO1. The molecule has 0 bridgehead atoms. The van der Waals surface area contributed by atoms with E-state index in [-0.39, 0.29) is 6.10 Å². The van der Waals surface area contributed by atoms with E-state index in [4.69, 9.17) is 31.5 Å². The molecule has 114 valence electrons. The van der Waals surface area contributed by atoms with E-state index in [1.807, 2.05) is 12.1 Å². The van der Waals surface area contributed by atoms with Crippen molar-refractivity contribution in [3.05, 3.63) is 52.5 Å². The average Bonchev–Trinajstić information content (AvgIpc) is 3.33. The summed E-state index contributed by atoms with van der Waals surface area (Å²) < 4.78 is 16.4. The normalized spacial score (nSPS) is 16.2. The Bertz CT molecular complexity index is 728. The lowest BCUT2D eigenvalue weighted by atomic mass is 10.1. The number of primary amides is 1. The summed E-state index contributed by atoms with van der Waals surface area (Å²) in [6.45, 7) is 0.705. The van der Waals surface area contributed by atoms with Gasteiger partial charge in [0.15, 0.2) is 0 Å². The monoisotopic (exact) mass is 319 g/mol. The van der Waals surface area contributed by atoms with Crippen LogP contribution in [-0.4, -0.2) is 19.6 Å². The topological polar surface area (TPSA) is 74.1 Å². The van der Waals surface area contributed by atoms with Crippen molar-refractivity contribution in [2.45, 2.75) is 6.10 Å². The van der Waals surface area contributed by atoms with Crippen molar-refractivity contribution in [3.63, 3.8) is 0 Å². The lowest BCUT2D eigenvalue weighted by molar-refractivity contribution is 0.100. The molecule has 1 amide bonds. The highest BCUT2D eigenvalue weighted by Gasteiger charge is 2.28. The molecule has 6 heteroatoms. The zero-order valence-electron chi connectivity index (χ0n) is 11.8. The number of nitrogens with two attached hydrogens (primary N) is 1. The Labute approximate surface area is 132 Å². The van der Waals surface area contributed by atoms with Crippen LogP contribution >= 0.6 is 11.6 Å². The number of ether oxygens (including phenoxy) is 3. The fourth-order valence-corrected chi connectivity index (χ4v) is 2.33. The fourth-order valence-electron chi connectivity index (χ4n) is 2.11. The van der Waals surface area contributed by atoms with Crippen molar-refractivity contribution < 1.29 is 19.0 Å². The molecule has 1 heterocycles. The molecule has 1 saturated heterocycles. The summed E-state index contributed by atoms with van der Waals surface area (Å²) in [5.41, 5.74) is 6.53. The Morgan fingerprint density at radius 1 is 1.27 bits per heavy atom. The second-order valence-electron chi connectivity index (χ2n) is 4.84. The highest BCUT2D eigenvalue weighted by molar-refractivity contribution is 6.32. The number of benzene rings is 2. The summed E-state index contributed by atoms with van der Waals surface area (Å²) in [5.74, 6) is 1.17. The minimum absolute atomic E-state index is 0.0995. The van der Waals surface area contributed by atoms with E-state index in [0.717, 1.165) is 5.56 Å². The van der Waals surface area contributed by atoms with E-state index in [0.29, 0.717) is 34.4 Å². The molecule has 1 atom stereocenters. The first-order valence-corrected chi connectivity index (χ1v) is 7.03. The van der Waals surface area contributed by atoms with Crippen LogP contribution in [0.4, 0.5) is 0 Å². The van der Waals surface area contributed by atoms with Gasteiger partial charge in [0.2, 0.25) is 5.91 Å². The van der Waals surface area contributed by atoms with Crippen molar-refractivity contribution >= 4 is 17.5 Å². The van der Waals surface area contributed by atoms with E-state index >= 15 is 0 Å². The highest BCUT2D eigenvalue weighted by atomic mass is 35.5. The molecule has 1 aliphatic heterocycles. The number of carbonyl (C=O) groups is 1. The lowest BCUT2D eigenvalue weighted by Gasteiger charge is -2.11. The second kappa shape index (κ2) is 5.87. The molecule has 5 nitrogen and oxygen atoms in total. The van der Waals surface area contributed by atoms with Gasteiger partial charge in [0, 0.05) is 17.2 Å². The van der Waals surface area contributed by atoms with Gasteiger partial charge in [-0.3, -0.25) is 4.79 Å². The van der Waals surface area contributed by atoms with Gasteiger partial charge < -0.3 is 19.9 Å². The summed E-state index contributed by atoms with van der Waals surface area (Å²) in [4.78, 5) is 11.1. The number of hydrogen-bond donors (Lipinski definition) is 1. The molecule has 0 aliphatic carbocycles. The third kappa shape index (κ3) is 3.00. The van der Waals surface area contributed by atoms with E-state index < -0.39 is 5.91 Å². The molecule has 22 heavy (non-hydrogen) atoms. The molecule has 2 N–H and O–H groups in total. The van der Waals surface area contributed by atoms with Crippen molar-refractivity contribution in [1.29, 1.82) is 0 Å². The number of halogens is 1. The Hall–Kier alpha value is -2.24. The van der Waals surface area contributed by atoms with Gasteiger partial charge in [0.25, 0.3) is 0 Å². The number of epoxide rings is 1. The molecule has 0 spiro atoms. The van der Waals surface area contributed by atoms with Crippen molar-refractivity contribution in [2.75, 3.05) is 13.7 Å². The third-order valence-corrected chi connectivity index (χ3v) is 3.62. The maximum atomic E-state index is 11.1. The van der Waals surface area contributed by atoms with Gasteiger partial charge >= 0.3 is 0 Å². The summed E-state index contributed by atoms with van der Waals surface area (Å²) in [6.07, 6.45) is 0.0995. The van der Waals surface area contributed by atoms with Crippen LogP contribution < -0.4 is 15.2 Å². The number of methoxy groups -OCH3 is 1. The zero-order valence-corrected chi connectivity index (χ0v) is 12.6. The summed E-state index contributed by atoms with van der Waals surface area (Å²) in [5, 5.41) is 0.310. The molecule has 2 aromatic rings. The van der Waals surface area contributed by atoms with Crippen molar-refractivity contribution in [3.8, 4) is 17.2 Å². The minimum Gasteiger partial charge on any atom is -0.496 e. The number of rotatable bonds is 5. The van der Waals surface area contributed by atoms with Crippen LogP contribution in [0.5, 0.6) is 17.2 Å². The Kier molecular flexibility index (Phi) is 3.92. The first kappa shape index (κ1) is 14.7. The molecule has 0 radical (unpaired) electrons. The van der Waals surface area contributed by atoms with Crippen LogP contribution in [0.1, 0.15) is 22.0 Å². The maximum Gasteiger partial charge on any atom is 0.248 e. The molecule has 1 aliphatic rings. The molecule has 2 aromatic carbocycles. The van der Waals surface area contributed by atoms with E-state index in [2.05, 4.69) is 0 Å². The number of hydrogen-bond acceptors (Lipinski definition) is 4. The first-order valence-electron chi connectivity index (χ1n) is 6.65. The van der Waals surface area contributed by atoms with Gasteiger partial charge in [-0.05, 0) is 30.3 Å². The number of amides is 1. The summed E-state index contributed by atoms with van der Waals surface area (Å²) in [6, 6.07) is 10.1. The van der Waals surface area contributed by atoms with Crippen LogP contribution in [0.15, 0.2) is 36.4 Å². The van der Waals surface area contributed by atoms with Gasteiger partial charge in [-0.25, -0.2) is 0 Å². The lowest BCUT2D eigenvalue weighted by Crippen LogP contribution is -2.10. The van der Waals surface area contributed by atoms with Crippen LogP contribution in [0, 0.1) is 0 Å². The largest absolute Gasteiger partial charge is 0.496 e. The van der Waals surface area contributed by atoms with Crippen LogP contribution in [-0.2, 0) is 4.74 Å². The smallest absolute Gasteiger partial charge is 0.248 e. The average molecular weight is 320 g/mol. The second-order valence-corrected chi connectivity index (χ2v) is 5.24. The van der Waals surface area contributed by atoms with Crippen molar-refractivity contribution in [1.82, 2.24) is 0 Å². The van der Waals surface area contributed by atoms with Gasteiger partial charge in [-0.15, -0.1) is 0 Å². The van der Waals surface area contributed by atoms with Crippen LogP contribution in [0.2, 0.25) is 5.02 Å². The molecule has 0 saturated carbocycles. The number of carbonyl (C=O) groups excluding carboxylic acids is 1. The summed E-state index contributed by atoms with van der Waals surface area (Å²) in [7, 11) is 1.60.